The zero-order chi connectivity index (χ0) is 12.1. The second-order valence-electron chi connectivity index (χ2n) is 4.37. The highest BCUT2D eigenvalue weighted by atomic mass is 16.1. The highest BCUT2D eigenvalue weighted by Gasteiger charge is 2.12. The van der Waals surface area contributed by atoms with Gasteiger partial charge in [-0.1, -0.05) is 13.3 Å². The van der Waals surface area contributed by atoms with Gasteiger partial charge in [-0.3, -0.25) is 9.48 Å². The van der Waals surface area contributed by atoms with Crippen molar-refractivity contribution in [3.8, 4) is 0 Å². The van der Waals surface area contributed by atoms with Crippen LogP contribution in [0.15, 0.2) is 6.07 Å². The minimum absolute atomic E-state index is 0.00632. The third kappa shape index (κ3) is 3.77. The van der Waals surface area contributed by atoms with E-state index < -0.39 is 0 Å². The van der Waals surface area contributed by atoms with Gasteiger partial charge in [-0.25, -0.2) is 0 Å². The number of carbonyl (C=O) groups excluding carboxylic acids is 1. The van der Waals surface area contributed by atoms with E-state index in [4.69, 9.17) is 5.73 Å². The van der Waals surface area contributed by atoms with E-state index in [1.165, 1.54) is 0 Å². The van der Waals surface area contributed by atoms with E-state index in [-0.39, 0.29) is 11.8 Å². The second-order valence-corrected chi connectivity index (χ2v) is 4.37. The first-order valence-electron chi connectivity index (χ1n) is 5.79. The quantitative estimate of drug-likeness (QED) is 0.792. The van der Waals surface area contributed by atoms with Gasteiger partial charge in [0.1, 0.15) is 5.78 Å². The zero-order valence-corrected chi connectivity index (χ0v) is 10.4. The molecule has 0 aliphatic rings. The molecule has 0 bridgehead atoms. The van der Waals surface area contributed by atoms with Gasteiger partial charge in [-0.05, 0) is 19.4 Å². The molecule has 1 unspecified atom stereocenters. The monoisotopic (exact) mass is 223 g/mol. The van der Waals surface area contributed by atoms with Crippen LogP contribution in [0.25, 0.3) is 0 Å². The van der Waals surface area contributed by atoms with Crippen LogP contribution >= 0.6 is 0 Å². The van der Waals surface area contributed by atoms with Crippen LogP contribution in [0.4, 0.5) is 0 Å². The van der Waals surface area contributed by atoms with Gasteiger partial charge in [0.2, 0.25) is 0 Å². The first-order valence-corrected chi connectivity index (χ1v) is 5.79. The van der Waals surface area contributed by atoms with Gasteiger partial charge in [0.05, 0.1) is 5.69 Å². The summed E-state index contributed by atoms with van der Waals surface area (Å²) in [6, 6.07) is 1.95. The summed E-state index contributed by atoms with van der Waals surface area (Å²) >= 11 is 0. The van der Waals surface area contributed by atoms with Gasteiger partial charge in [0, 0.05) is 31.6 Å². The van der Waals surface area contributed by atoms with Crippen molar-refractivity contribution in [3.63, 3.8) is 0 Å². The van der Waals surface area contributed by atoms with E-state index in [9.17, 15) is 4.79 Å². The Morgan fingerprint density at radius 2 is 2.31 bits per heavy atom. The molecule has 0 fully saturated rings. The minimum Gasteiger partial charge on any atom is -0.327 e. The van der Waals surface area contributed by atoms with Crippen molar-refractivity contribution in [3.05, 3.63) is 17.5 Å². The van der Waals surface area contributed by atoms with E-state index in [1.54, 1.807) is 4.68 Å². The lowest BCUT2D eigenvalue weighted by molar-refractivity contribution is -0.118. The van der Waals surface area contributed by atoms with Crippen molar-refractivity contribution in [2.24, 2.45) is 12.8 Å². The maximum absolute atomic E-state index is 11.7. The molecule has 0 aromatic carbocycles. The lowest BCUT2D eigenvalue weighted by Gasteiger charge is -2.08. The predicted octanol–water partition coefficient (Wildman–Crippen LogP) is 1.36. The van der Waals surface area contributed by atoms with Crippen LogP contribution in [0.2, 0.25) is 0 Å². The number of hydrogen-bond donors (Lipinski definition) is 1. The topological polar surface area (TPSA) is 60.9 Å². The molecule has 1 heterocycles. The molecule has 2 N–H and O–H groups in total. The summed E-state index contributed by atoms with van der Waals surface area (Å²) in [5, 5.41) is 4.21. The Morgan fingerprint density at radius 1 is 1.62 bits per heavy atom. The van der Waals surface area contributed by atoms with Crippen LogP contribution in [0.1, 0.15) is 37.6 Å². The van der Waals surface area contributed by atoms with Crippen molar-refractivity contribution in [1.29, 1.82) is 0 Å². The van der Waals surface area contributed by atoms with Gasteiger partial charge < -0.3 is 5.73 Å². The Balaban J connectivity index is 2.48. The summed E-state index contributed by atoms with van der Waals surface area (Å²) in [4.78, 5) is 11.7. The van der Waals surface area contributed by atoms with Crippen LogP contribution in [0.3, 0.4) is 0 Å². The SMILES string of the molecule is CCCC(N)CC(=O)Cc1cc(C)nn1C. The van der Waals surface area contributed by atoms with Gasteiger partial charge in [0.15, 0.2) is 0 Å². The summed E-state index contributed by atoms with van der Waals surface area (Å²) in [5.41, 5.74) is 7.75. The molecule has 0 saturated heterocycles. The van der Waals surface area contributed by atoms with E-state index in [2.05, 4.69) is 12.0 Å². The molecule has 1 aromatic rings. The minimum atomic E-state index is 0.00632. The molecular formula is C12H21N3O. The number of ketones is 1. The number of aromatic nitrogens is 2. The fourth-order valence-electron chi connectivity index (χ4n) is 1.87. The highest BCUT2D eigenvalue weighted by Crippen LogP contribution is 2.07. The summed E-state index contributed by atoms with van der Waals surface area (Å²) in [6.07, 6.45) is 2.85. The third-order valence-corrected chi connectivity index (χ3v) is 2.63. The predicted molar refractivity (Wildman–Crippen MR) is 64.2 cm³/mol. The number of carbonyl (C=O) groups is 1. The Morgan fingerprint density at radius 3 is 2.81 bits per heavy atom. The molecule has 4 nitrogen and oxygen atoms in total. The van der Waals surface area contributed by atoms with Crippen molar-refractivity contribution in [1.82, 2.24) is 9.78 Å². The third-order valence-electron chi connectivity index (χ3n) is 2.63. The molecule has 16 heavy (non-hydrogen) atoms. The van der Waals surface area contributed by atoms with E-state index in [0.717, 1.165) is 24.2 Å². The summed E-state index contributed by atoms with van der Waals surface area (Å²) < 4.78 is 1.76. The number of nitrogens with zero attached hydrogens (tertiary/aromatic N) is 2. The first-order chi connectivity index (χ1) is 7.52. The molecule has 4 heteroatoms. The number of aryl methyl sites for hydroxylation is 2. The highest BCUT2D eigenvalue weighted by molar-refractivity contribution is 5.81. The molecule has 1 aromatic heterocycles. The van der Waals surface area contributed by atoms with E-state index in [1.807, 2.05) is 20.0 Å². The Kier molecular flexibility index (Phi) is 4.68. The smallest absolute Gasteiger partial charge is 0.140 e. The zero-order valence-electron chi connectivity index (χ0n) is 10.4. The normalized spacial score (nSPS) is 12.8. The maximum atomic E-state index is 11.7. The molecule has 0 radical (unpaired) electrons. The molecule has 0 aliphatic heterocycles. The average Bonchev–Trinajstić information content (AvgIpc) is 2.44. The van der Waals surface area contributed by atoms with Crippen LogP contribution in [0, 0.1) is 6.92 Å². The van der Waals surface area contributed by atoms with Crippen LogP contribution < -0.4 is 5.73 Å². The molecule has 0 spiro atoms. The van der Waals surface area contributed by atoms with Gasteiger partial charge >= 0.3 is 0 Å². The van der Waals surface area contributed by atoms with Crippen molar-refractivity contribution in [2.45, 2.75) is 45.6 Å². The van der Waals surface area contributed by atoms with E-state index in [0.29, 0.717) is 12.8 Å². The lowest BCUT2D eigenvalue weighted by Crippen LogP contribution is -2.24. The average molecular weight is 223 g/mol. The first kappa shape index (κ1) is 12.9. The fraction of sp³-hybridized carbons (Fsp3) is 0.667. The molecule has 0 saturated carbocycles. The van der Waals surface area contributed by atoms with Gasteiger partial charge in [-0.2, -0.15) is 5.10 Å². The Bertz CT molecular complexity index is 357. The maximum Gasteiger partial charge on any atom is 0.140 e. The molecule has 1 rings (SSSR count). The molecule has 90 valence electrons. The summed E-state index contributed by atoms with van der Waals surface area (Å²) in [6.45, 7) is 4.01. The summed E-state index contributed by atoms with van der Waals surface area (Å²) in [5.74, 6) is 0.198. The standard InChI is InChI=1S/C12H21N3O/c1-4-5-10(13)7-12(16)8-11-6-9(2)14-15(11)3/h6,10H,4-5,7-8,13H2,1-3H3. The molecule has 0 amide bonds. The molecule has 0 aliphatic carbocycles. The number of rotatable bonds is 6. The van der Waals surface area contributed by atoms with Crippen molar-refractivity contribution >= 4 is 5.78 Å². The Hall–Kier alpha value is -1.16. The van der Waals surface area contributed by atoms with Crippen molar-refractivity contribution in [2.75, 3.05) is 0 Å². The number of hydrogen-bond acceptors (Lipinski definition) is 3. The van der Waals surface area contributed by atoms with Gasteiger partial charge in [0.25, 0.3) is 0 Å². The lowest BCUT2D eigenvalue weighted by atomic mass is 10.0. The second kappa shape index (κ2) is 5.80. The number of nitrogens with two attached hydrogens (primary N) is 1. The van der Waals surface area contributed by atoms with Crippen LogP contribution in [-0.2, 0) is 18.3 Å². The molecular weight excluding hydrogens is 202 g/mol. The van der Waals surface area contributed by atoms with Gasteiger partial charge in [-0.15, -0.1) is 0 Å². The van der Waals surface area contributed by atoms with E-state index >= 15 is 0 Å². The Labute approximate surface area is 96.8 Å². The largest absolute Gasteiger partial charge is 0.327 e. The fourth-order valence-corrected chi connectivity index (χ4v) is 1.87. The summed E-state index contributed by atoms with van der Waals surface area (Å²) in [7, 11) is 1.86. The molecule has 1 atom stereocenters. The van der Waals surface area contributed by atoms with Crippen LogP contribution in [0.5, 0.6) is 0 Å². The van der Waals surface area contributed by atoms with Crippen LogP contribution in [-0.4, -0.2) is 21.6 Å². The van der Waals surface area contributed by atoms with Crippen molar-refractivity contribution < 1.29 is 4.79 Å². The number of Topliss-reactive ketones (excluding diaryl/α,β-unsaturated/α-hetero) is 1.